The van der Waals surface area contributed by atoms with Gasteiger partial charge in [0.2, 0.25) is 0 Å². The lowest BCUT2D eigenvalue weighted by atomic mass is 10.2. The maximum absolute atomic E-state index is 13.0. The second-order valence-corrected chi connectivity index (χ2v) is 8.12. The van der Waals surface area contributed by atoms with E-state index in [1.807, 2.05) is 13.8 Å². The largest absolute Gasteiger partial charge is 0.395 e. The highest BCUT2D eigenvalue weighted by Crippen LogP contribution is 2.33. The van der Waals surface area contributed by atoms with Gasteiger partial charge in [0.15, 0.2) is 0 Å². The number of hydrogen-bond acceptors (Lipinski definition) is 7. The lowest BCUT2D eigenvalue weighted by Crippen LogP contribution is -2.31. The third kappa shape index (κ3) is 4.05. The Bertz CT molecular complexity index is 984. The van der Waals surface area contributed by atoms with Crippen molar-refractivity contribution >= 4 is 51.7 Å². The lowest BCUT2D eigenvalue weighted by Gasteiger charge is -2.16. The molecule has 27 heavy (non-hydrogen) atoms. The van der Waals surface area contributed by atoms with E-state index in [4.69, 9.17) is 17.3 Å². The van der Waals surface area contributed by atoms with Crippen LogP contribution in [0.3, 0.4) is 0 Å². The van der Waals surface area contributed by atoms with E-state index < -0.39 is 0 Å². The van der Waals surface area contributed by atoms with E-state index in [0.29, 0.717) is 27.2 Å². The van der Waals surface area contributed by atoms with Crippen LogP contribution in [0.1, 0.15) is 19.4 Å². The van der Waals surface area contributed by atoms with E-state index in [2.05, 4.69) is 10.3 Å². The van der Waals surface area contributed by atoms with Crippen LogP contribution in [0, 0.1) is 5.92 Å². The molecule has 2 aromatic heterocycles. The third-order valence-electron chi connectivity index (χ3n) is 3.87. The first kappa shape index (κ1) is 19.5. The van der Waals surface area contributed by atoms with E-state index >= 15 is 0 Å². The molecule has 142 valence electrons. The molecule has 0 saturated carbocycles. The van der Waals surface area contributed by atoms with Crippen molar-refractivity contribution in [1.29, 1.82) is 0 Å². The Kier molecular flexibility index (Phi) is 5.93. The Hall–Kier alpha value is -2.23. The molecular formula is C18H20N4O3S2. The van der Waals surface area contributed by atoms with Gasteiger partial charge < -0.3 is 10.4 Å². The number of aromatic nitrogens is 2. The van der Waals surface area contributed by atoms with Gasteiger partial charge in [-0.1, -0.05) is 43.9 Å². The van der Waals surface area contributed by atoms with Crippen molar-refractivity contribution < 1.29 is 9.90 Å². The first-order chi connectivity index (χ1) is 12.9. The van der Waals surface area contributed by atoms with Crippen LogP contribution in [0.2, 0.25) is 0 Å². The molecule has 0 spiro atoms. The summed E-state index contributed by atoms with van der Waals surface area (Å²) in [7, 11) is 0. The van der Waals surface area contributed by atoms with Crippen LogP contribution in [0.5, 0.6) is 0 Å². The average Bonchev–Trinajstić information content (AvgIpc) is 2.89. The number of thiocarbonyl (C=S) groups is 1. The van der Waals surface area contributed by atoms with Crippen molar-refractivity contribution in [2.45, 2.75) is 13.8 Å². The lowest BCUT2D eigenvalue weighted by molar-refractivity contribution is -0.122. The molecule has 2 aromatic rings. The van der Waals surface area contributed by atoms with Crippen LogP contribution in [-0.4, -0.2) is 49.3 Å². The summed E-state index contributed by atoms with van der Waals surface area (Å²) in [5.74, 6) is 0.403. The van der Waals surface area contributed by atoms with Gasteiger partial charge in [0.1, 0.15) is 15.8 Å². The number of anilines is 1. The van der Waals surface area contributed by atoms with Gasteiger partial charge in [-0.25, -0.2) is 4.98 Å². The van der Waals surface area contributed by atoms with Crippen molar-refractivity contribution in [3.63, 3.8) is 0 Å². The summed E-state index contributed by atoms with van der Waals surface area (Å²) >= 11 is 6.50. The number of amides is 1. The van der Waals surface area contributed by atoms with Gasteiger partial charge in [0, 0.05) is 19.3 Å². The van der Waals surface area contributed by atoms with Crippen molar-refractivity contribution in [3.8, 4) is 0 Å². The van der Waals surface area contributed by atoms with Gasteiger partial charge in [-0.05, 0) is 24.1 Å². The minimum atomic E-state index is -0.296. The fourth-order valence-corrected chi connectivity index (χ4v) is 3.95. The van der Waals surface area contributed by atoms with Crippen LogP contribution in [0.25, 0.3) is 11.7 Å². The van der Waals surface area contributed by atoms with Gasteiger partial charge in [-0.3, -0.25) is 18.9 Å². The molecule has 0 bridgehead atoms. The van der Waals surface area contributed by atoms with Crippen LogP contribution in [0.15, 0.2) is 34.1 Å². The number of rotatable bonds is 6. The third-order valence-corrected chi connectivity index (χ3v) is 5.25. The van der Waals surface area contributed by atoms with Crippen LogP contribution in [-0.2, 0) is 4.79 Å². The van der Waals surface area contributed by atoms with Gasteiger partial charge >= 0.3 is 0 Å². The zero-order valence-electron chi connectivity index (χ0n) is 15.0. The first-order valence-corrected chi connectivity index (χ1v) is 9.76. The number of fused-ring (bicyclic) bond motifs is 1. The minimum Gasteiger partial charge on any atom is -0.395 e. The second-order valence-electron chi connectivity index (χ2n) is 6.44. The SMILES string of the molecule is CC(C)CN1C(=O)/C(=C\c2c(NCCO)nc3ccccn3c2=O)SC1=S. The van der Waals surface area contributed by atoms with Gasteiger partial charge in [-0.15, -0.1) is 0 Å². The molecule has 0 atom stereocenters. The minimum absolute atomic E-state index is 0.105. The van der Waals surface area contributed by atoms with Crippen molar-refractivity contribution in [1.82, 2.24) is 14.3 Å². The zero-order valence-corrected chi connectivity index (χ0v) is 16.6. The predicted octanol–water partition coefficient (Wildman–Crippen LogP) is 1.96. The molecule has 0 aliphatic carbocycles. The quantitative estimate of drug-likeness (QED) is 0.562. The molecule has 1 aliphatic rings. The summed E-state index contributed by atoms with van der Waals surface area (Å²) in [4.78, 5) is 32.1. The molecule has 1 aliphatic heterocycles. The van der Waals surface area contributed by atoms with E-state index in [9.17, 15) is 9.59 Å². The number of nitrogens with one attached hydrogen (secondary N) is 1. The van der Waals surface area contributed by atoms with Crippen molar-refractivity contribution in [2.75, 3.05) is 25.0 Å². The summed E-state index contributed by atoms with van der Waals surface area (Å²) in [6.07, 6.45) is 3.16. The summed E-state index contributed by atoms with van der Waals surface area (Å²) in [6, 6.07) is 5.24. The van der Waals surface area contributed by atoms with E-state index in [0.717, 1.165) is 0 Å². The number of hydrogen-bond donors (Lipinski definition) is 2. The number of carbonyl (C=O) groups excluding carboxylic acids is 1. The molecule has 1 amide bonds. The van der Waals surface area contributed by atoms with Crippen LogP contribution in [0.4, 0.5) is 5.82 Å². The Morgan fingerprint density at radius 3 is 2.85 bits per heavy atom. The molecule has 3 heterocycles. The van der Waals surface area contributed by atoms with Gasteiger partial charge in [0.05, 0.1) is 17.1 Å². The maximum atomic E-state index is 13.0. The molecule has 9 heteroatoms. The molecule has 0 radical (unpaired) electrons. The predicted molar refractivity (Wildman–Crippen MR) is 112 cm³/mol. The van der Waals surface area contributed by atoms with E-state index in [1.54, 1.807) is 29.3 Å². The molecule has 1 saturated heterocycles. The normalized spacial score (nSPS) is 16.1. The molecule has 7 nitrogen and oxygen atoms in total. The summed E-state index contributed by atoms with van der Waals surface area (Å²) in [6.45, 7) is 4.70. The summed E-state index contributed by atoms with van der Waals surface area (Å²) in [5, 5.41) is 12.1. The first-order valence-electron chi connectivity index (χ1n) is 8.54. The number of aliphatic hydroxyl groups excluding tert-OH is 1. The van der Waals surface area contributed by atoms with Crippen molar-refractivity contribution in [3.05, 3.63) is 45.2 Å². The Morgan fingerprint density at radius 1 is 1.37 bits per heavy atom. The molecule has 2 N–H and O–H groups in total. The highest BCUT2D eigenvalue weighted by atomic mass is 32.2. The Morgan fingerprint density at radius 2 is 2.15 bits per heavy atom. The number of aliphatic hydroxyl groups is 1. The van der Waals surface area contributed by atoms with Gasteiger partial charge in [0.25, 0.3) is 11.5 Å². The Labute approximate surface area is 166 Å². The second kappa shape index (κ2) is 8.20. The smallest absolute Gasteiger partial charge is 0.267 e. The molecule has 1 fully saturated rings. The number of carbonyl (C=O) groups is 1. The van der Waals surface area contributed by atoms with Gasteiger partial charge in [-0.2, -0.15) is 0 Å². The molecule has 0 aromatic carbocycles. The highest BCUT2D eigenvalue weighted by molar-refractivity contribution is 8.26. The molecular weight excluding hydrogens is 384 g/mol. The zero-order chi connectivity index (χ0) is 19.6. The average molecular weight is 405 g/mol. The summed E-state index contributed by atoms with van der Waals surface area (Å²) < 4.78 is 1.91. The standard InChI is InChI=1S/C18H20N4O3S2/c1-11(2)10-22-17(25)13(27-18(22)26)9-12-15(19-6-8-23)20-14-5-3-4-7-21(14)16(12)24/h3-5,7,9,11,19,23H,6,8,10H2,1-2H3/b13-9+. The number of nitrogens with zero attached hydrogens (tertiary/aromatic N) is 3. The van der Waals surface area contributed by atoms with Crippen molar-refractivity contribution in [2.24, 2.45) is 5.92 Å². The number of thioether (sulfide) groups is 1. The molecule has 0 unspecified atom stereocenters. The fourth-order valence-electron chi connectivity index (χ4n) is 2.70. The Balaban J connectivity index is 2.09. The fraction of sp³-hybridized carbons (Fsp3) is 0.333. The number of pyridine rings is 1. The topological polar surface area (TPSA) is 86.9 Å². The van der Waals surface area contributed by atoms with Crippen LogP contribution < -0.4 is 10.9 Å². The van der Waals surface area contributed by atoms with E-state index in [1.165, 1.54) is 22.2 Å². The van der Waals surface area contributed by atoms with Crippen LogP contribution >= 0.6 is 24.0 Å². The monoisotopic (exact) mass is 404 g/mol. The maximum Gasteiger partial charge on any atom is 0.267 e. The van der Waals surface area contributed by atoms with E-state index in [-0.39, 0.29) is 36.1 Å². The highest BCUT2D eigenvalue weighted by Gasteiger charge is 2.32. The molecule has 3 rings (SSSR count). The summed E-state index contributed by atoms with van der Waals surface area (Å²) in [5.41, 5.74) is 0.444.